The van der Waals surface area contributed by atoms with Crippen LogP contribution in [0.1, 0.15) is 68.9 Å². The average Bonchev–Trinajstić information content (AvgIpc) is 2.94. The number of amides is 3. The maximum atomic E-state index is 12.8. The van der Waals surface area contributed by atoms with E-state index in [0.717, 1.165) is 37.8 Å². The highest BCUT2D eigenvalue weighted by molar-refractivity contribution is 6.22. The monoisotopic (exact) mass is 363 g/mol. The number of rotatable bonds is 3. The lowest BCUT2D eigenvalue weighted by Gasteiger charge is -2.29. The molecule has 0 spiro atoms. The van der Waals surface area contributed by atoms with Gasteiger partial charge in [0.2, 0.25) is 0 Å². The molecule has 0 atom stereocenters. The van der Waals surface area contributed by atoms with Crippen LogP contribution in [0.5, 0.6) is 0 Å². The molecule has 4 rings (SSSR count). The number of pyridine rings is 1. The molecule has 6 nitrogen and oxygen atoms in total. The van der Waals surface area contributed by atoms with Gasteiger partial charge in [-0.05, 0) is 50.1 Å². The van der Waals surface area contributed by atoms with Gasteiger partial charge in [-0.3, -0.25) is 24.3 Å². The van der Waals surface area contributed by atoms with Crippen LogP contribution in [0.3, 0.4) is 0 Å². The molecule has 0 saturated heterocycles. The fraction of sp³-hybridized carbons (Fsp3) is 0.333. The van der Waals surface area contributed by atoms with Gasteiger partial charge in [-0.15, -0.1) is 0 Å². The third-order valence-corrected chi connectivity index (χ3v) is 5.29. The number of hydrogen-bond donors (Lipinski definition) is 1. The molecule has 27 heavy (non-hydrogen) atoms. The van der Waals surface area contributed by atoms with Crippen molar-refractivity contribution in [2.45, 2.75) is 45.1 Å². The number of anilines is 1. The summed E-state index contributed by atoms with van der Waals surface area (Å²) in [4.78, 5) is 43.6. The number of fused-ring (bicyclic) bond motifs is 1. The van der Waals surface area contributed by atoms with Crippen molar-refractivity contribution in [3.63, 3.8) is 0 Å². The van der Waals surface area contributed by atoms with E-state index in [0.29, 0.717) is 22.4 Å². The summed E-state index contributed by atoms with van der Waals surface area (Å²) >= 11 is 0. The van der Waals surface area contributed by atoms with Crippen LogP contribution in [0.15, 0.2) is 36.5 Å². The summed E-state index contributed by atoms with van der Waals surface area (Å²) in [5, 5.41) is 2.77. The Morgan fingerprint density at radius 1 is 1.04 bits per heavy atom. The molecule has 1 fully saturated rings. The SMILES string of the molecule is Cc1ccc(NC(=O)c2ccc3c(c2)C(=O)N(C2CCCCC2)C3=O)cn1. The second-order valence-corrected chi connectivity index (χ2v) is 7.17. The van der Waals surface area contributed by atoms with Crippen LogP contribution in [-0.4, -0.2) is 33.6 Å². The molecule has 1 aliphatic heterocycles. The van der Waals surface area contributed by atoms with E-state index >= 15 is 0 Å². The van der Waals surface area contributed by atoms with Crippen LogP contribution in [0.2, 0.25) is 0 Å². The first kappa shape index (κ1) is 17.4. The van der Waals surface area contributed by atoms with Crippen LogP contribution < -0.4 is 5.32 Å². The van der Waals surface area contributed by atoms with Gasteiger partial charge in [0.1, 0.15) is 0 Å². The summed E-state index contributed by atoms with van der Waals surface area (Å²) in [6.45, 7) is 1.87. The summed E-state index contributed by atoms with van der Waals surface area (Å²) in [6.07, 6.45) is 6.53. The molecule has 2 aliphatic rings. The number of aryl methyl sites for hydroxylation is 1. The highest BCUT2D eigenvalue weighted by Crippen LogP contribution is 2.31. The van der Waals surface area contributed by atoms with Crippen molar-refractivity contribution in [1.82, 2.24) is 9.88 Å². The van der Waals surface area contributed by atoms with Gasteiger partial charge in [0.05, 0.1) is 23.0 Å². The molecular weight excluding hydrogens is 342 g/mol. The summed E-state index contributed by atoms with van der Waals surface area (Å²) in [5.41, 5.74) is 2.50. The molecule has 138 valence electrons. The minimum atomic E-state index is -0.334. The van der Waals surface area contributed by atoms with E-state index in [1.165, 1.54) is 11.0 Å². The number of hydrogen-bond acceptors (Lipinski definition) is 4. The van der Waals surface area contributed by atoms with Crippen molar-refractivity contribution in [3.8, 4) is 0 Å². The number of carbonyl (C=O) groups excluding carboxylic acids is 3. The van der Waals surface area contributed by atoms with Crippen molar-refractivity contribution in [3.05, 3.63) is 58.9 Å². The van der Waals surface area contributed by atoms with Gasteiger partial charge >= 0.3 is 0 Å². The number of nitrogens with one attached hydrogen (secondary N) is 1. The summed E-state index contributed by atoms with van der Waals surface area (Å²) < 4.78 is 0. The molecular formula is C21H21N3O3. The molecule has 3 amide bonds. The molecule has 2 aromatic rings. The van der Waals surface area contributed by atoms with E-state index in [2.05, 4.69) is 10.3 Å². The zero-order chi connectivity index (χ0) is 19.0. The van der Waals surface area contributed by atoms with Gasteiger partial charge < -0.3 is 5.32 Å². The summed E-state index contributed by atoms with van der Waals surface area (Å²) in [7, 11) is 0. The van der Waals surface area contributed by atoms with E-state index in [1.54, 1.807) is 24.4 Å². The van der Waals surface area contributed by atoms with Gasteiger partial charge in [-0.1, -0.05) is 19.3 Å². The summed E-state index contributed by atoms with van der Waals surface area (Å²) in [5.74, 6) is -0.857. The van der Waals surface area contributed by atoms with Crippen LogP contribution >= 0.6 is 0 Å². The Morgan fingerprint density at radius 3 is 2.48 bits per heavy atom. The Hall–Kier alpha value is -3.02. The number of imide groups is 1. The van der Waals surface area contributed by atoms with Crippen molar-refractivity contribution in [1.29, 1.82) is 0 Å². The topological polar surface area (TPSA) is 79.4 Å². The van der Waals surface area contributed by atoms with Crippen molar-refractivity contribution < 1.29 is 14.4 Å². The molecule has 1 saturated carbocycles. The molecule has 2 heterocycles. The standard InChI is InChI=1S/C21H21N3O3/c1-13-7-9-15(12-22-13)23-19(25)14-8-10-17-18(11-14)21(27)24(20(17)26)16-5-3-2-4-6-16/h7-12,16H,2-6H2,1H3,(H,23,25). The minimum Gasteiger partial charge on any atom is -0.321 e. The molecule has 0 bridgehead atoms. The number of carbonyl (C=O) groups is 3. The fourth-order valence-corrected chi connectivity index (χ4v) is 3.82. The van der Waals surface area contributed by atoms with Gasteiger partial charge in [-0.25, -0.2) is 0 Å². The van der Waals surface area contributed by atoms with Crippen LogP contribution in [0.4, 0.5) is 5.69 Å². The zero-order valence-electron chi connectivity index (χ0n) is 15.2. The average molecular weight is 363 g/mol. The predicted octanol–water partition coefficient (Wildman–Crippen LogP) is 3.57. The molecule has 1 N–H and O–H groups in total. The zero-order valence-corrected chi connectivity index (χ0v) is 15.2. The largest absolute Gasteiger partial charge is 0.321 e. The number of benzene rings is 1. The minimum absolute atomic E-state index is 0.0259. The third-order valence-electron chi connectivity index (χ3n) is 5.29. The lowest BCUT2D eigenvalue weighted by molar-refractivity contribution is 0.0549. The fourth-order valence-electron chi connectivity index (χ4n) is 3.82. The van der Waals surface area contributed by atoms with Crippen LogP contribution in [0, 0.1) is 6.92 Å². The van der Waals surface area contributed by atoms with E-state index in [9.17, 15) is 14.4 Å². The molecule has 1 aliphatic carbocycles. The van der Waals surface area contributed by atoms with E-state index in [4.69, 9.17) is 0 Å². The van der Waals surface area contributed by atoms with Gasteiger partial charge in [0.15, 0.2) is 0 Å². The molecule has 0 unspecified atom stereocenters. The predicted molar refractivity (Wildman–Crippen MR) is 101 cm³/mol. The third kappa shape index (κ3) is 3.23. The van der Waals surface area contributed by atoms with E-state index in [1.807, 2.05) is 13.0 Å². The second kappa shape index (κ2) is 6.95. The maximum absolute atomic E-state index is 12.8. The Morgan fingerprint density at radius 2 is 1.78 bits per heavy atom. The smallest absolute Gasteiger partial charge is 0.261 e. The van der Waals surface area contributed by atoms with Gasteiger partial charge in [-0.2, -0.15) is 0 Å². The normalized spacial score (nSPS) is 17.1. The first-order valence-corrected chi connectivity index (χ1v) is 9.30. The highest BCUT2D eigenvalue weighted by atomic mass is 16.2. The van der Waals surface area contributed by atoms with Crippen molar-refractivity contribution in [2.24, 2.45) is 0 Å². The lowest BCUT2D eigenvalue weighted by atomic mass is 9.94. The van der Waals surface area contributed by atoms with Crippen molar-refractivity contribution >= 4 is 23.4 Å². The lowest BCUT2D eigenvalue weighted by Crippen LogP contribution is -2.40. The quantitative estimate of drug-likeness (QED) is 0.846. The Balaban J connectivity index is 1.57. The molecule has 1 aromatic heterocycles. The van der Waals surface area contributed by atoms with E-state index < -0.39 is 0 Å². The Labute approximate surface area is 157 Å². The van der Waals surface area contributed by atoms with Crippen LogP contribution in [0.25, 0.3) is 0 Å². The van der Waals surface area contributed by atoms with Gasteiger partial charge in [0, 0.05) is 17.3 Å². The van der Waals surface area contributed by atoms with Gasteiger partial charge in [0.25, 0.3) is 17.7 Å². The highest BCUT2D eigenvalue weighted by Gasteiger charge is 2.40. The Bertz CT molecular complexity index is 915. The molecule has 1 aromatic carbocycles. The first-order chi connectivity index (χ1) is 13.0. The Kier molecular flexibility index (Phi) is 4.48. The number of aromatic nitrogens is 1. The van der Waals surface area contributed by atoms with Crippen molar-refractivity contribution in [2.75, 3.05) is 5.32 Å². The first-order valence-electron chi connectivity index (χ1n) is 9.30. The van der Waals surface area contributed by atoms with E-state index in [-0.39, 0.29) is 23.8 Å². The van der Waals surface area contributed by atoms with Crippen LogP contribution in [-0.2, 0) is 0 Å². The molecule has 6 heteroatoms. The molecule has 0 radical (unpaired) electrons. The summed E-state index contributed by atoms with van der Waals surface area (Å²) in [6, 6.07) is 8.25. The maximum Gasteiger partial charge on any atom is 0.261 e. The number of nitrogens with zero attached hydrogens (tertiary/aromatic N) is 2. The second-order valence-electron chi connectivity index (χ2n) is 7.17.